The summed E-state index contributed by atoms with van der Waals surface area (Å²) < 4.78 is 18.8. The standard InChI is InChI=1S/C16H26FN3O.HI/c1-5-6-10-20(4)16(18-3)19-12-13(2)21-15-9-7-8-14(17)11-15;/h7-9,11,13H,5-6,10,12H2,1-4H3,(H,18,19);1H. The van der Waals surface area contributed by atoms with Gasteiger partial charge in [0.1, 0.15) is 17.7 Å². The van der Waals surface area contributed by atoms with Crippen LogP contribution in [0.15, 0.2) is 29.3 Å². The van der Waals surface area contributed by atoms with Crippen LogP contribution in [0.3, 0.4) is 0 Å². The predicted molar refractivity (Wildman–Crippen MR) is 101 cm³/mol. The van der Waals surface area contributed by atoms with E-state index in [2.05, 4.69) is 22.1 Å². The lowest BCUT2D eigenvalue weighted by atomic mass is 10.3. The van der Waals surface area contributed by atoms with Gasteiger partial charge in [-0.25, -0.2) is 4.39 Å². The molecule has 0 saturated heterocycles. The molecule has 0 aromatic heterocycles. The highest BCUT2D eigenvalue weighted by atomic mass is 127. The monoisotopic (exact) mass is 423 g/mol. The quantitative estimate of drug-likeness (QED) is 0.414. The minimum absolute atomic E-state index is 0. The summed E-state index contributed by atoms with van der Waals surface area (Å²) in [7, 11) is 3.78. The molecule has 0 heterocycles. The number of hydrogen-bond acceptors (Lipinski definition) is 2. The second-order valence-corrected chi connectivity index (χ2v) is 5.09. The Kier molecular flexibility index (Phi) is 11.0. The number of benzene rings is 1. The molecule has 4 nitrogen and oxygen atoms in total. The van der Waals surface area contributed by atoms with Gasteiger partial charge in [0.2, 0.25) is 0 Å². The van der Waals surface area contributed by atoms with E-state index < -0.39 is 0 Å². The molecule has 22 heavy (non-hydrogen) atoms. The van der Waals surface area contributed by atoms with Crippen molar-refractivity contribution in [2.45, 2.75) is 32.8 Å². The van der Waals surface area contributed by atoms with E-state index in [1.54, 1.807) is 19.2 Å². The third-order valence-corrected chi connectivity index (χ3v) is 3.10. The average molecular weight is 423 g/mol. The van der Waals surface area contributed by atoms with Gasteiger partial charge in [-0.05, 0) is 25.5 Å². The van der Waals surface area contributed by atoms with Crippen molar-refractivity contribution < 1.29 is 9.13 Å². The minimum Gasteiger partial charge on any atom is -0.489 e. The number of guanidine groups is 1. The van der Waals surface area contributed by atoms with Gasteiger partial charge in [-0.1, -0.05) is 19.4 Å². The zero-order chi connectivity index (χ0) is 15.7. The number of unbranched alkanes of at least 4 members (excludes halogenated alkanes) is 1. The maximum absolute atomic E-state index is 13.1. The lowest BCUT2D eigenvalue weighted by Crippen LogP contribution is -2.43. The van der Waals surface area contributed by atoms with Gasteiger partial charge in [0.15, 0.2) is 5.96 Å². The van der Waals surface area contributed by atoms with Crippen LogP contribution in [0.4, 0.5) is 4.39 Å². The highest BCUT2D eigenvalue weighted by Gasteiger charge is 2.09. The van der Waals surface area contributed by atoms with Gasteiger partial charge in [-0.3, -0.25) is 4.99 Å². The van der Waals surface area contributed by atoms with Crippen molar-refractivity contribution in [2.24, 2.45) is 4.99 Å². The Morgan fingerprint density at radius 3 is 2.77 bits per heavy atom. The number of rotatable bonds is 7. The van der Waals surface area contributed by atoms with E-state index in [4.69, 9.17) is 4.74 Å². The first-order chi connectivity index (χ1) is 10.1. The predicted octanol–water partition coefficient (Wildman–Crippen LogP) is 3.52. The molecule has 1 atom stereocenters. The topological polar surface area (TPSA) is 36.9 Å². The van der Waals surface area contributed by atoms with E-state index in [1.165, 1.54) is 12.1 Å². The molecule has 0 bridgehead atoms. The molecule has 1 unspecified atom stereocenters. The fraction of sp³-hybridized carbons (Fsp3) is 0.562. The lowest BCUT2D eigenvalue weighted by molar-refractivity contribution is 0.221. The van der Waals surface area contributed by atoms with Crippen LogP contribution in [0.5, 0.6) is 5.75 Å². The van der Waals surface area contributed by atoms with Gasteiger partial charge in [-0.15, -0.1) is 24.0 Å². The Balaban J connectivity index is 0.00000441. The van der Waals surface area contributed by atoms with E-state index in [0.717, 1.165) is 25.3 Å². The Morgan fingerprint density at radius 1 is 1.45 bits per heavy atom. The fourth-order valence-electron chi connectivity index (χ4n) is 1.94. The Bertz CT molecular complexity index is 457. The molecule has 0 radical (unpaired) electrons. The summed E-state index contributed by atoms with van der Waals surface area (Å²) in [5.74, 6) is 1.10. The third kappa shape index (κ3) is 7.82. The summed E-state index contributed by atoms with van der Waals surface area (Å²) in [6, 6.07) is 6.18. The Morgan fingerprint density at radius 2 is 2.18 bits per heavy atom. The molecule has 1 aromatic carbocycles. The van der Waals surface area contributed by atoms with Crippen molar-refractivity contribution in [1.82, 2.24) is 10.2 Å². The van der Waals surface area contributed by atoms with E-state index in [0.29, 0.717) is 12.3 Å². The van der Waals surface area contributed by atoms with Crippen molar-refractivity contribution in [3.8, 4) is 5.75 Å². The first kappa shape index (κ1) is 20.9. The van der Waals surface area contributed by atoms with Gasteiger partial charge in [0, 0.05) is 26.7 Å². The number of nitrogens with one attached hydrogen (secondary N) is 1. The molecule has 0 aliphatic heterocycles. The van der Waals surface area contributed by atoms with Crippen LogP contribution in [0.2, 0.25) is 0 Å². The number of halogens is 2. The summed E-state index contributed by atoms with van der Waals surface area (Å²) in [6.45, 7) is 5.69. The molecule has 1 rings (SSSR count). The van der Waals surface area contributed by atoms with Crippen LogP contribution in [0.25, 0.3) is 0 Å². The Hall–Kier alpha value is -1.05. The second kappa shape index (κ2) is 11.5. The molecule has 1 N–H and O–H groups in total. The van der Waals surface area contributed by atoms with Gasteiger partial charge in [-0.2, -0.15) is 0 Å². The number of nitrogens with zero attached hydrogens (tertiary/aromatic N) is 2. The van der Waals surface area contributed by atoms with E-state index in [1.807, 2.05) is 14.0 Å². The Labute approximate surface area is 150 Å². The first-order valence-corrected chi connectivity index (χ1v) is 7.40. The summed E-state index contributed by atoms with van der Waals surface area (Å²) in [6.07, 6.45) is 2.20. The van der Waals surface area contributed by atoms with Crippen LogP contribution in [0, 0.1) is 5.82 Å². The van der Waals surface area contributed by atoms with Crippen molar-refractivity contribution in [2.75, 3.05) is 27.2 Å². The largest absolute Gasteiger partial charge is 0.489 e. The molecular formula is C16H27FIN3O. The average Bonchev–Trinajstić information content (AvgIpc) is 2.45. The molecule has 0 amide bonds. The van der Waals surface area contributed by atoms with Crippen LogP contribution in [0.1, 0.15) is 26.7 Å². The third-order valence-electron chi connectivity index (χ3n) is 3.10. The van der Waals surface area contributed by atoms with E-state index in [9.17, 15) is 4.39 Å². The van der Waals surface area contributed by atoms with Gasteiger partial charge in [0.25, 0.3) is 0 Å². The smallest absolute Gasteiger partial charge is 0.193 e. The summed E-state index contributed by atoms with van der Waals surface area (Å²) >= 11 is 0. The van der Waals surface area contributed by atoms with Crippen LogP contribution >= 0.6 is 24.0 Å². The minimum atomic E-state index is -0.289. The number of hydrogen-bond donors (Lipinski definition) is 1. The first-order valence-electron chi connectivity index (χ1n) is 7.40. The maximum Gasteiger partial charge on any atom is 0.193 e. The molecule has 6 heteroatoms. The molecule has 1 aromatic rings. The highest BCUT2D eigenvalue weighted by molar-refractivity contribution is 14.0. The van der Waals surface area contributed by atoms with Gasteiger partial charge >= 0.3 is 0 Å². The van der Waals surface area contributed by atoms with E-state index in [-0.39, 0.29) is 35.9 Å². The molecule has 126 valence electrons. The molecule has 0 aliphatic rings. The SMILES string of the molecule is CCCCN(C)C(=NC)NCC(C)Oc1cccc(F)c1.I. The highest BCUT2D eigenvalue weighted by Crippen LogP contribution is 2.13. The van der Waals surface area contributed by atoms with Crippen molar-refractivity contribution in [3.05, 3.63) is 30.1 Å². The molecular weight excluding hydrogens is 396 g/mol. The molecule has 0 saturated carbocycles. The fourth-order valence-corrected chi connectivity index (χ4v) is 1.94. The zero-order valence-electron chi connectivity index (χ0n) is 13.8. The normalized spacial score (nSPS) is 12.3. The van der Waals surface area contributed by atoms with E-state index >= 15 is 0 Å². The summed E-state index contributed by atoms with van der Waals surface area (Å²) in [4.78, 5) is 6.35. The maximum atomic E-state index is 13.1. The van der Waals surface area contributed by atoms with Gasteiger partial charge in [0.05, 0.1) is 6.54 Å². The van der Waals surface area contributed by atoms with Crippen LogP contribution in [-0.4, -0.2) is 44.1 Å². The molecule has 0 aliphatic carbocycles. The summed E-state index contributed by atoms with van der Waals surface area (Å²) in [5.41, 5.74) is 0. The van der Waals surface area contributed by atoms with Crippen molar-refractivity contribution >= 4 is 29.9 Å². The number of ether oxygens (including phenoxy) is 1. The second-order valence-electron chi connectivity index (χ2n) is 5.09. The zero-order valence-corrected chi connectivity index (χ0v) is 16.1. The lowest BCUT2D eigenvalue weighted by Gasteiger charge is -2.23. The van der Waals surface area contributed by atoms with Crippen LogP contribution in [-0.2, 0) is 0 Å². The van der Waals surface area contributed by atoms with Crippen molar-refractivity contribution in [1.29, 1.82) is 0 Å². The van der Waals surface area contributed by atoms with Gasteiger partial charge < -0.3 is 15.0 Å². The van der Waals surface area contributed by atoms with Crippen molar-refractivity contribution in [3.63, 3.8) is 0 Å². The molecule has 0 fully saturated rings. The number of aliphatic imine (C=N–C) groups is 1. The summed E-state index contributed by atoms with van der Waals surface area (Å²) in [5, 5.41) is 3.27. The van der Waals surface area contributed by atoms with Crippen LogP contribution < -0.4 is 10.1 Å². The molecule has 0 spiro atoms.